The SMILES string of the molecule is Fc1cc(F)c(NCc2ccon2)nc1F. The summed E-state index contributed by atoms with van der Waals surface area (Å²) in [5, 5.41) is 6.01. The van der Waals surface area contributed by atoms with Gasteiger partial charge in [-0.2, -0.15) is 9.37 Å². The molecule has 0 bridgehead atoms. The zero-order valence-corrected chi connectivity index (χ0v) is 7.88. The van der Waals surface area contributed by atoms with Gasteiger partial charge in [0, 0.05) is 12.1 Å². The first kappa shape index (κ1) is 10.5. The van der Waals surface area contributed by atoms with Gasteiger partial charge < -0.3 is 9.84 Å². The summed E-state index contributed by atoms with van der Waals surface area (Å²) in [5.74, 6) is -4.03. The molecule has 0 unspecified atom stereocenters. The molecule has 2 aromatic heterocycles. The average Bonchev–Trinajstić information content (AvgIpc) is 2.74. The summed E-state index contributed by atoms with van der Waals surface area (Å²) in [6.07, 6.45) is 1.34. The normalized spacial score (nSPS) is 10.4. The monoisotopic (exact) mass is 229 g/mol. The van der Waals surface area contributed by atoms with Crippen LogP contribution in [0.4, 0.5) is 19.0 Å². The van der Waals surface area contributed by atoms with E-state index in [0.717, 1.165) is 0 Å². The Bertz CT molecular complexity index is 487. The molecule has 0 amide bonds. The minimum absolute atomic E-state index is 0.103. The van der Waals surface area contributed by atoms with E-state index < -0.39 is 17.6 Å². The molecule has 84 valence electrons. The second-order valence-corrected chi connectivity index (χ2v) is 2.94. The molecule has 0 radical (unpaired) electrons. The van der Waals surface area contributed by atoms with Gasteiger partial charge in [-0.15, -0.1) is 0 Å². The predicted octanol–water partition coefficient (Wildman–Crippen LogP) is 2.10. The minimum atomic E-state index is -1.36. The molecule has 4 nitrogen and oxygen atoms in total. The van der Waals surface area contributed by atoms with Gasteiger partial charge >= 0.3 is 0 Å². The van der Waals surface area contributed by atoms with Crippen LogP contribution in [0.1, 0.15) is 5.69 Å². The van der Waals surface area contributed by atoms with Crippen molar-refractivity contribution in [3.8, 4) is 0 Å². The first-order valence-electron chi connectivity index (χ1n) is 4.31. The highest BCUT2D eigenvalue weighted by atomic mass is 19.2. The van der Waals surface area contributed by atoms with Gasteiger partial charge in [-0.25, -0.2) is 8.78 Å². The van der Waals surface area contributed by atoms with Crippen molar-refractivity contribution < 1.29 is 17.7 Å². The van der Waals surface area contributed by atoms with Crippen molar-refractivity contribution in [2.45, 2.75) is 6.54 Å². The lowest BCUT2D eigenvalue weighted by molar-refractivity contribution is 0.412. The Morgan fingerprint density at radius 1 is 1.25 bits per heavy atom. The Morgan fingerprint density at radius 3 is 2.75 bits per heavy atom. The molecule has 0 aromatic carbocycles. The molecular formula is C9H6F3N3O. The van der Waals surface area contributed by atoms with Crippen LogP contribution in [0.15, 0.2) is 22.9 Å². The standard InChI is InChI=1S/C9H6F3N3O/c10-6-3-7(11)9(14-8(6)12)13-4-5-1-2-16-15-5/h1-3H,4H2,(H,13,14). The molecule has 0 aliphatic rings. The van der Waals surface area contributed by atoms with Crippen LogP contribution in [0, 0.1) is 17.6 Å². The number of rotatable bonds is 3. The summed E-state index contributed by atoms with van der Waals surface area (Å²) in [5.41, 5.74) is 0.492. The molecule has 0 saturated carbocycles. The lowest BCUT2D eigenvalue weighted by atomic mass is 10.4. The van der Waals surface area contributed by atoms with E-state index in [-0.39, 0.29) is 12.4 Å². The summed E-state index contributed by atoms with van der Waals surface area (Å²) in [7, 11) is 0. The van der Waals surface area contributed by atoms with E-state index >= 15 is 0 Å². The molecule has 0 spiro atoms. The van der Waals surface area contributed by atoms with Crippen molar-refractivity contribution in [1.29, 1.82) is 0 Å². The van der Waals surface area contributed by atoms with E-state index in [2.05, 4.69) is 20.0 Å². The summed E-state index contributed by atoms with van der Waals surface area (Å²) in [6, 6.07) is 1.97. The third-order valence-corrected chi connectivity index (χ3v) is 1.81. The maximum Gasteiger partial charge on any atom is 0.251 e. The maximum atomic E-state index is 13.1. The lowest BCUT2D eigenvalue weighted by Crippen LogP contribution is -2.06. The van der Waals surface area contributed by atoms with E-state index in [0.29, 0.717) is 11.8 Å². The molecule has 0 fully saturated rings. The van der Waals surface area contributed by atoms with E-state index in [1.165, 1.54) is 6.26 Å². The summed E-state index contributed by atoms with van der Waals surface area (Å²) in [6.45, 7) is 0.103. The second-order valence-electron chi connectivity index (χ2n) is 2.94. The molecule has 2 rings (SSSR count). The Hall–Kier alpha value is -2.05. The summed E-state index contributed by atoms with van der Waals surface area (Å²) < 4.78 is 42.9. The Morgan fingerprint density at radius 2 is 2.06 bits per heavy atom. The van der Waals surface area contributed by atoms with E-state index in [1.807, 2.05) is 0 Å². The Balaban J connectivity index is 2.12. The quantitative estimate of drug-likeness (QED) is 0.819. The van der Waals surface area contributed by atoms with Gasteiger partial charge in [0.1, 0.15) is 12.0 Å². The van der Waals surface area contributed by atoms with Crippen molar-refractivity contribution in [3.05, 3.63) is 41.7 Å². The van der Waals surface area contributed by atoms with Crippen molar-refractivity contribution in [1.82, 2.24) is 10.1 Å². The molecule has 0 aliphatic carbocycles. The molecular weight excluding hydrogens is 223 g/mol. The number of aromatic nitrogens is 2. The zero-order valence-electron chi connectivity index (χ0n) is 7.88. The van der Waals surface area contributed by atoms with Crippen molar-refractivity contribution in [2.75, 3.05) is 5.32 Å². The maximum absolute atomic E-state index is 13.1. The van der Waals surface area contributed by atoms with Gasteiger partial charge in [0.2, 0.25) is 0 Å². The molecule has 2 aromatic rings. The van der Waals surface area contributed by atoms with Gasteiger partial charge in [0.15, 0.2) is 17.5 Å². The largest absolute Gasteiger partial charge is 0.364 e. The van der Waals surface area contributed by atoms with Crippen LogP contribution >= 0.6 is 0 Å². The Kier molecular flexibility index (Phi) is 2.76. The van der Waals surface area contributed by atoms with E-state index in [9.17, 15) is 13.2 Å². The van der Waals surface area contributed by atoms with Gasteiger partial charge in [-0.1, -0.05) is 5.16 Å². The lowest BCUT2D eigenvalue weighted by Gasteiger charge is -2.04. The highest BCUT2D eigenvalue weighted by Crippen LogP contribution is 2.14. The summed E-state index contributed by atoms with van der Waals surface area (Å²) in [4.78, 5) is 3.09. The second kappa shape index (κ2) is 4.21. The predicted molar refractivity (Wildman–Crippen MR) is 47.9 cm³/mol. The van der Waals surface area contributed by atoms with E-state index in [1.54, 1.807) is 6.07 Å². The van der Waals surface area contributed by atoms with Crippen LogP contribution < -0.4 is 5.32 Å². The highest BCUT2D eigenvalue weighted by molar-refractivity contribution is 5.36. The third kappa shape index (κ3) is 2.13. The van der Waals surface area contributed by atoms with Gasteiger partial charge in [-0.05, 0) is 0 Å². The number of nitrogens with one attached hydrogen (secondary N) is 1. The molecule has 7 heteroatoms. The van der Waals surface area contributed by atoms with Crippen LogP contribution in [0.25, 0.3) is 0 Å². The summed E-state index contributed by atoms with van der Waals surface area (Å²) >= 11 is 0. The molecule has 16 heavy (non-hydrogen) atoms. The first-order chi connectivity index (χ1) is 7.66. The number of halogens is 3. The first-order valence-corrected chi connectivity index (χ1v) is 4.31. The van der Waals surface area contributed by atoms with Crippen LogP contribution in [-0.2, 0) is 6.54 Å². The molecule has 1 N–H and O–H groups in total. The van der Waals surface area contributed by atoms with Crippen LogP contribution in [0.3, 0.4) is 0 Å². The van der Waals surface area contributed by atoms with Crippen molar-refractivity contribution in [3.63, 3.8) is 0 Å². The number of hydrogen-bond donors (Lipinski definition) is 1. The number of pyridine rings is 1. The molecule has 0 atom stereocenters. The van der Waals surface area contributed by atoms with Crippen molar-refractivity contribution >= 4 is 5.82 Å². The topological polar surface area (TPSA) is 51.0 Å². The van der Waals surface area contributed by atoms with Crippen LogP contribution in [0.5, 0.6) is 0 Å². The van der Waals surface area contributed by atoms with Crippen molar-refractivity contribution in [2.24, 2.45) is 0 Å². The fourth-order valence-corrected chi connectivity index (χ4v) is 1.07. The molecule has 2 heterocycles. The van der Waals surface area contributed by atoms with Crippen LogP contribution in [-0.4, -0.2) is 10.1 Å². The smallest absolute Gasteiger partial charge is 0.251 e. The number of hydrogen-bond acceptors (Lipinski definition) is 4. The molecule has 0 saturated heterocycles. The third-order valence-electron chi connectivity index (χ3n) is 1.81. The van der Waals surface area contributed by atoms with Gasteiger partial charge in [0.25, 0.3) is 5.95 Å². The van der Waals surface area contributed by atoms with Gasteiger partial charge in [0.05, 0.1) is 6.54 Å². The van der Waals surface area contributed by atoms with E-state index in [4.69, 9.17) is 0 Å². The Labute approximate surface area is 88.1 Å². The fourth-order valence-electron chi connectivity index (χ4n) is 1.07. The average molecular weight is 229 g/mol. The highest BCUT2D eigenvalue weighted by Gasteiger charge is 2.11. The molecule has 0 aliphatic heterocycles. The fraction of sp³-hybridized carbons (Fsp3) is 0.111. The van der Waals surface area contributed by atoms with Gasteiger partial charge in [-0.3, -0.25) is 0 Å². The minimum Gasteiger partial charge on any atom is -0.364 e. The zero-order chi connectivity index (χ0) is 11.5. The van der Waals surface area contributed by atoms with Crippen LogP contribution in [0.2, 0.25) is 0 Å². The number of anilines is 1. The number of nitrogens with zero attached hydrogens (tertiary/aromatic N) is 2.